The van der Waals surface area contributed by atoms with Gasteiger partial charge in [0.05, 0.1) is 12.5 Å². The topological polar surface area (TPSA) is 105 Å². The fourth-order valence-electron chi connectivity index (χ4n) is 3.05. The number of fused-ring (bicyclic) bond motifs is 1. The molecule has 1 aliphatic heterocycles. The highest BCUT2D eigenvalue weighted by molar-refractivity contribution is 6.03. The number of phenolic OH excluding ortho intramolecular Hbond substituents is 1. The van der Waals surface area contributed by atoms with Crippen LogP contribution in [-0.4, -0.2) is 34.1 Å². The molecule has 0 saturated carbocycles. The Balaban J connectivity index is 1.68. The number of nitrogens with one attached hydrogen (secondary N) is 1. The summed E-state index contributed by atoms with van der Waals surface area (Å²) in [4.78, 5) is 24.4. The summed E-state index contributed by atoms with van der Waals surface area (Å²) in [6.45, 7) is 4.91. The van der Waals surface area contributed by atoms with Gasteiger partial charge >= 0.3 is 0 Å². The van der Waals surface area contributed by atoms with Gasteiger partial charge in [-0.05, 0) is 38.5 Å². The third-order valence-corrected chi connectivity index (χ3v) is 4.33. The van der Waals surface area contributed by atoms with Crippen LogP contribution in [0.3, 0.4) is 0 Å². The average Bonchev–Trinajstić information content (AvgIpc) is 2.58. The van der Waals surface area contributed by atoms with Crippen LogP contribution in [0.15, 0.2) is 36.4 Å². The molecule has 1 amide bonds. The Hall–Kier alpha value is -3.06. The van der Waals surface area contributed by atoms with Crippen LogP contribution in [0, 0.1) is 0 Å². The molecule has 0 fully saturated rings. The Kier molecular flexibility index (Phi) is 5.29. The molecule has 0 aliphatic carbocycles. The number of ketones is 1. The number of phenols is 1. The van der Waals surface area contributed by atoms with Gasteiger partial charge in [0.2, 0.25) is 0 Å². The van der Waals surface area contributed by atoms with Crippen molar-refractivity contribution in [3.8, 4) is 17.2 Å². The Morgan fingerprint density at radius 2 is 2.07 bits per heavy atom. The van der Waals surface area contributed by atoms with Gasteiger partial charge in [0.1, 0.15) is 28.4 Å². The molecule has 0 bridgehead atoms. The quantitative estimate of drug-likeness (QED) is 0.730. The second-order valence-electron chi connectivity index (χ2n) is 7.42. The van der Waals surface area contributed by atoms with E-state index in [2.05, 4.69) is 5.32 Å². The fourth-order valence-corrected chi connectivity index (χ4v) is 3.05. The van der Waals surface area contributed by atoms with E-state index in [4.69, 9.17) is 9.47 Å². The molecule has 0 spiro atoms. The molecule has 2 aromatic rings. The van der Waals surface area contributed by atoms with Crippen molar-refractivity contribution in [1.82, 2.24) is 0 Å². The highest BCUT2D eigenvalue weighted by Gasteiger charge is 2.35. The highest BCUT2D eigenvalue weighted by atomic mass is 16.5. The lowest BCUT2D eigenvalue weighted by Crippen LogP contribution is -2.35. The number of anilines is 1. The van der Waals surface area contributed by atoms with Crippen LogP contribution in [0.4, 0.5) is 5.69 Å². The monoisotopic (exact) mass is 385 g/mol. The first-order valence-electron chi connectivity index (χ1n) is 8.94. The number of hydrogen-bond acceptors (Lipinski definition) is 6. The van der Waals surface area contributed by atoms with E-state index in [1.54, 1.807) is 45.0 Å². The number of aliphatic hydroxyl groups is 1. The minimum Gasteiger partial charge on any atom is -0.507 e. The molecule has 1 heterocycles. The van der Waals surface area contributed by atoms with E-state index in [0.29, 0.717) is 11.3 Å². The molecular formula is C21H23NO6. The predicted octanol–water partition coefficient (Wildman–Crippen LogP) is 3.21. The van der Waals surface area contributed by atoms with E-state index in [1.807, 2.05) is 0 Å². The van der Waals surface area contributed by atoms with Crippen LogP contribution in [0.2, 0.25) is 0 Å². The first-order valence-corrected chi connectivity index (χ1v) is 8.94. The maximum Gasteiger partial charge on any atom is 0.262 e. The van der Waals surface area contributed by atoms with Crippen molar-refractivity contribution < 1.29 is 29.3 Å². The largest absolute Gasteiger partial charge is 0.507 e. The van der Waals surface area contributed by atoms with Gasteiger partial charge < -0.3 is 25.0 Å². The van der Waals surface area contributed by atoms with Crippen LogP contribution in [0.5, 0.6) is 17.2 Å². The number of carbonyl (C=O) groups excluding carboxylic acids is 2. The average molecular weight is 385 g/mol. The molecule has 7 nitrogen and oxygen atoms in total. The molecule has 3 rings (SSSR count). The van der Waals surface area contributed by atoms with Crippen LogP contribution in [0.1, 0.15) is 49.2 Å². The van der Waals surface area contributed by atoms with E-state index in [0.717, 1.165) is 0 Å². The second-order valence-corrected chi connectivity index (χ2v) is 7.42. The number of aliphatic hydroxyl groups excluding tert-OH is 1. The number of benzene rings is 2. The summed E-state index contributed by atoms with van der Waals surface area (Å²) in [5.74, 6) is -0.391. The number of carbonyl (C=O) groups is 2. The standard InChI is InChI=1S/C21H23NO6/c1-12(23)13-5-4-6-14(7-13)22-19(26)11-27-15-8-16(24)20-17(25)10-21(2,3)28-18(20)9-15/h4-9,12,23-24H,10-11H2,1-3H3,(H,22,26)/t12-/m0/s1. The van der Waals surface area contributed by atoms with Crippen molar-refractivity contribution in [2.45, 2.75) is 38.9 Å². The van der Waals surface area contributed by atoms with Crippen LogP contribution >= 0.6 is 0 Å². The van der Waals surface area contributed by atoms with Gasteiger partial charge in [-0.1, -0.05) is 12.1 Å². The summed E-state index contributed by atoms with van der Waals surface area (Å²) < 4.78 is 11.2. The van der Waals surface area contributed by atoms with Crippen molar-refractivity contribution in [2.75, 3.05) is 11.9 Å². The number of ether oxygens (including phenoxy) is 2. The zero-order chi connectivity index (χ0) is 20.5. The van der Waals surface area contributed by atoms with Gasteiger partial charge in [-0.3, -0.25) is 9.59 Å². The fraction of sp³-hybridized carbons (Fsp3) is 0.333. The maximum absolute atomic E-state index is 12.2. The zero-order valence-corrected chi connectivity index (χ0v) is 16.0. The van der Waals surface area contributed by atoms with Gasteiger partial charge in [-0.15, -0.1) is 0 Å². The molecule has 148 valence electrons. The molecule has 0 aromatic heterocycles. The van der Waals surface area contributed by atoms with Gasteiger partial charge in [-0.25, -0.2) is 0 Å². The van der Waals surface area contributed by atoms with Crippen LogP contribution in [0.25, 0.3) is 0 Å². The second kappa shape index (κ2) is 7.52. The van der Waals surface area contributed by atoms with E-state index >= 15 is 0 Å². The highest BCUT2D eigenvalue weighted by Crippen LogP contribution is 2.40. The first-order chi connectivity index (χ1) is 13.1. The maximum atomic E-state index is 12.2. The summed E-state index contributed by atoms with van der Waals surface area (Å²) in [6.07, 6.45) is -0.472. The van der Waals surface area contributed by atoms with Crippen molar-refractivity contribution >= 4 is 17.4 Å². The molecule has 1 atom stereocenters. The third-order valence-electron chi connectivity index (χ3n) is 4.33. The Labute approximate surface area is 162 Å². The van der Waals surface area contributed by atoms with Crippen molar-refractivity contribution in [3.63, 3.8) is 0 Å². The minimum atomic E-state index is -0.679. The molecular weight excluding hydrogens is 362 g/mol. The Morgan fingerprint density at radius 3 is 2.79 bits per heavy atom. The molecule has 0 saturated heterocycles. The van der Waals surface area contributed by atoms with Crippen molar-refractivity contribution in [2.24, 2.45) is 0 Å². The van der Waals surface area contributed by atoms with E-state index < -0.39 is 17.6 Å². The number of rotatable bonds is 5. The van der Waals surface area contributed by atoms with Gasteiger partial charge in [0.15, 0.2) is 12.4 Å². The van der Waals surface area contributed by atoms with Crippen LogP contribution in [-0.2, 0) is 4.79 Å². The van der Waals surface area contributed by atoms with Crippen molar-refractivity contribution in [3.05, 3.63) is 47.5 Å². The molecule has 1 aliphatic rings. The SMILES string of the molecule is C[C@H](O)c1cccc(NC(=O)COc2cc(O)c3c(c2)OC(C)(C)CC3=O)c1. The van der Waals surface area contributed by atoms with Crippen LogP contribution < -0.4 is 14.8 Å². The number of aromatic hydroxyl groups is 1. The summed E-state index contributed by atoms with van der Waals surface area (Å²) in [6, 6.07) is 9.66. The summed E-state index contributed by atoms with van der Waals surface area (Å²) in [5.41, 5.74) is 0.672. The van der Waals surface area contributed by atoms with E-state index in [1.165, 1.54) is 12.1 Å². The number of amides is 1. The molecule has 3 N–H and O–H groups in total. The lowest BCUT2D eigenvalue weighted by Gasteiger charge is -2.32. The summed E-state index contributed by atoms with van der Waals surface area (Å²) in [5, 5.41) is 22.5. The zero-order valence-electron chi connectivity index (χ0n) is 16.0. The minimum absolute atomic E-state index is 0.131. The van der Waals surface area contributed by atoms with Gasteiger partial charge in [-0.2, -0.15) is 0 Å². The lowest BCUT2D eigenvalue weighted by molar-refractivity contribution is -0.118. The summed E-state index contributed by atoms with van der Waals surface area (Å²) >= 11 is 0. The number of hydrogen-bond donors (Lipinski definition) is 3. The molecule has 28 heavy (non-hydrogen) atoms. The Morgan fingerprint density at radius 1 is 1.32 bits per heavy atom. The normalized spacial score (nSPS) is 15.9. The molecule has 7 heteroatoms. The predicted molar refractivity (Wildman–Crippen MR) is 103 cm³/mol. The smallest absolute Gasteiger partial charge is 0.262 e. The molecule has 2 aromatic carbocycles. The lowest BCUT2D eigenvalue weighted by atomic mass is 9.92. The Bertz CT molecular complexity index is 919. The third kappa shape index (κ3) is 4.43. The first kappa shape index (κ1) is 19.7. The van der Waals surface area contributed by atoms with Gasteiger partial charge in [0, 0.05) is 17.8 Å². The molecule has 0 unspecified atom stereocenters. The van der Waals surface area contributed by atoms with E-state index in [9.17, 15) is 19.8 Å². The number of Topliss-reactive ketones (excluding diaryl/α,β-unsaturated/α-hetero) is 1. The van der Waals surface area contributed by atoms with Gasteiger partial charge in [0.25, 0.3) is 5.91 Å². The molecule has 0 radical (unpaired) electrons. The van der Waals surface area contributed by atoms with Crippen molar-refractivity contribution in [1.29, 1.82) is 0 Å². The summed E-state index contributed by atoms with van der Waals surface area (Å²) in [7, 11) is 0. The van der Waals surface area contributed by atoms with E-state index in [-0.39, 0.29) is 41.6 Å².